The molecule has 2 rings (SSSR count). The predicted molar refractivity (Wildman–Crippen MR) is 88.8 cm³/mol. The zero-order chi connectivity index (χ0) is 17.5. The number of carbonyl (C=O) groups is 2. The van der Waals surface area contributed by atoms with Gasteiger partial charge in [-0.3, -0.25) is 14.9 Å². The van der Waals surface area contributed by atoms with E-state index in [1.165, 1.54) is 12.1 Å². The van der Waals surface area contributed by atoms with Crippen LogP contribution in [0.3, 0.4) is 0 Å². The van der Waals surface area contributed by atoms with Gasteiger partial charge in [-0.05, 0) is 23.9 Å². The molecule has 1 aromatic carbocycles. The molecule has 9 heteroatoms. The SMILES string of the molecule is Nc1ccc([N+](=O)[O-])cc1C(=O)OCC(=O)NCCc1cccs1. The van der Waals surface area contributed by atoms with Crippen molar-refractivity contribution in [2.24, 2.45) is 0 Å². The first-order valence-electron chi connectivity index (χ1n) is 6.97. The van der Waals surface area contributed by atoms with Gasteiger partial charge >= 0.3 is 5.97 Å². The number of benzene rings is 1. The van der Waals surface area contributed by atoms with E-state index in [0.717, 1.165) is 10.9 Å². The van der Waals surface area contributed by atoms with Gasteiger partial charge in [-0.15, -0.1) is 11.3 Å². The number of nitrogens with two attached hydrogens (primary N) is 1. The predicted octanol–water partition coefficient (Wildman–Crippen LogP) is 1.75. The van der Waals surface area contributed by atoms with Gasteiger partial charge in [0.05, 0.1) is 10.5 Å². The van der Waals surface area contributed by atoms with E-state index >= 15 is 0 Å². The number of anilines is 1. The highest BCUT2D eigenvalue weighted by molar-refractivity contribution is 7.09. The van der Waals surface area contributed by atoms with E-state index in [1.807, 2.05) is 17.5 Å². The van der Waals surface area contributed by atoms with Crippen molar-refractivity contribution in [1.82, 2.24) is 5.32 Å². The van der Waals surface area contributed by atoms with Gasteiger partial charge in [0.25, 0.3) is 11.6 Å². The Morgan fingerprint density at radius 1 is 1.33 bits per heavy atom. The Labute approximate surface area is 141 Å². The molecule has 1 amide bonds. The van der Waals surface area contributed by atoms with Crippen molar-refractivity contribution in [2.75, 3.05) is 18.9 Å². The fraction of sp³-hybridized carbons (Fsp3) is 0.200. The number of carbonyl (C=O) groups excluding carboxylic acids is 2. The minimum Gasteiger partial charge on any atom is -0.452 e. The number of esters is 1. The molecule has 1 heterocycles. The third-order valence-corrected chi connectivity index (χ3v) is 4.01. The molecule has 8 nitrogen and oxygen atoms in total. The summed E-state index contributed by atoms with van der Waals surface area (Å²) >= 11 is 1.59. The largest absolute Gasteiger partial charge is 0.452 e. The molecule has 0 aliphatic rings. The van der Waals surface area contributed by atoms with Crippen molar-refractivity contribution in [3.63, 3.8) is 0 Å². The van der Waals surface area contributed by atoms with Crippen LogP contribution in [0.25, 0.3) is 0 Å². The molecular formula is C15H15N3O5S. The van der Waals surface area contributed by atoms with E-state index < -0.39 is 23.4 Å². The van der Waals surface area contributed by atoms with E-state index in [-0.39, 0.29) is 16.9 Å². The number of rotatable bonds is 7. The molecule has 0 radical (unpaired) electrons. The summed E-state index contributed by atoms with van der Waals surface area (Å²) in [5.74, 6) is -1.34. The lowest BCUT2D eigenvalue weighted by atomic mass is 10.1. The van der Waals surface area contributed by atoms with Crippen molar-refractivity contribution in [3.8, 4) is 0 Å². The molecule has 0 fully saturated rings. The summed E-state index contributed by atoms with van der Waals surface area (Å²) in [4.78, 5) is 34.8. The van der Waals surface area contributed by atoms with Crippen LogP contribution < -0.4 is 11.1 Å². The minimum absolute atomic E-state index is 0.0451. The second-order valence-corrected chi connectivity index (χ2v) is 5.82. The number of ether oxygens (including phenoxy) is 1. The van der Waals surface area contributed by atoms with Crippen LogP contribution in [-0.2, 0) is 16.0 Å². The third kappa shape index (κ3) is 4.78. The fourth-order valence-corrected chi connectivity index (χ4v) is 2.58. The number of hydrogen-bond acceptors (Lipinski definition) is 7. The Kier molecular flexibility index (Phi) is 5.85. The molecule has 126 valence electrons. The summed E-state index contributed by atoms with van der Waals surface area (Å²) in [6, 6.07) is 7.33. The van der Waals surface area contributed by atoms with Crippen molar-refractivity contribution in [3.05, 3.63) is 56.3 Å². The van der Waals surface area contributed by atoms with E-state index in [0.29, 0.717) is 13.0 Å². The van der Waals surface area contributed by atoms with Crippen LogP contribution in [0.15, 0.2) is 35.7 Å². The summed E-state index contributed by atoms with van der Waals surface area (Å²) in [6.45, 7) is -0.0543. The Balaban J connectivity index is 1.83. The highest BCUT2D eigenvalue weighted by Gasteiger charge is 2.17. The molecule has 0 saturated heterocycles. The van der Waals surface area contributed by atoms with E-state index in [9.17, 15) is 19.7 Å². The number of thiophene rings is 1. The van der Waals surface area contributed by atoms with Crippen LogP contribution in [-0.4, -0.2) is 30.0 Å². The molecule has 0 saturated carbocycles. The average Bonchev–Trinajstić information content (AvgIpc) is 3.06. The van der Waals surface area contributed by atoms with Crippen molar-refractivity contribution in [2.45, 2.75) is 6.42 Å². The van der Waals surface area contributed by atoms with Gasteiger partial charge in [-0.25, -0.2) is 4.79 Å². The molecule has 0 spiro atoms. The number of hydrogen-bond donors (Lipinski definition) is 2. The summed E-state index contributed by atoms with van der Waals surface area (Å²) < 4.78 is 4.84. The van der Waals surface area contributed by atoms with Crippen LogP contribution >= 0.6 is 11.3 Å². The van der Waals surface area contributed by atoms with E-state index in [1.54, 1.807) is 11.3 Å². The second-order valence-electron chi connectivity index (χ2n) is 4.78. The quantitative estimate of drug-likeness (QED) is 0.340. The smallest absolute Gasteiger partial charge is 0.341 e. The molecule has 0 bridgehead atoms. The molecule has 0 atom stereocenters. The van der Waals surface area contributed by atoms with Crippen LogP contribution in [0.2, 0.25) is 0 Å². The lowest BCUT2D eigenvalue weighted by Crippen LogP contribution is -2.30. The Hall–Kier alpha value is -2.94. The van der Waals surface area contributed by atoms with Gasteiger partial charge in [0.15, 0.2) is 6.61 Å². The van der Waals surface area contributed by atoms with Gasteiger partial charge < -0.3 is 15.8 Å². The van der Waals surface area contributed by atoms with Gasteiger partial charge in [-0.2, -0.15) is 0 Å². The molecule has 24 heavy (non-hydrogen) atoms. The molecule has 0 aliphatic heterocycles. The standard InChI is InChI=1S/C15H15N3O5S/c16-13-4-3-10(18(21)22)8-12(13)15(20)23-9-14(19)17-6-5-11-2-1-7-24-11/h1-4,7-8H,5-6,9,16H2,(H,17,19). The lowest BCUT2D eigenvalue weighted by molar-refractivity contribution is -0.384. The summed E-state index contributed by atoms with van der Waals surface area (Å²) in [7, 11) is 0. The topological polar surface area (TPSA) is 125 Å². The maximum Gasteiger partial charge on any atom is 0.341 e. The zero-order valence-corrected chi connectivity index (χ0v) is 13.4. The lowest BCUT2D eigenvalue weighted by Gasteiger charge is -2.07. The number of nitrogens with zero attached hydrogens (tertiary/aromatic N) is 1. The first kappa shape index (κ1) is 17.4. The van der Waals surface area contributed by atoms with Crippen LogP contribution in [0, 0.1) is 10.1 Å². The Bertz CT molecular complexity index is 746. The van der Waals surface area contributed by atoms with E-state index in [4.69, 9.17) is 10.5 Å². The van der Waals surface area contributed by atoms with Gasteiger partial charge in [0, 0.05) is 29.2 Å². The van der Waals surface area contributed by atoms with Crippen molar-refractivity contribution >= 4 is 34.6 Å². The average molecular weight is 349 g/mol. The van der Waals surface area contributed by atoms with Gasteiger partial charge in [0.2, 0.25) is 0 Å². The molecule has 2 aromatic rings. The highest BCUT2D eigenvalue weighted by Crippen LogP contribution is 2.20. The number of nitrogen functional groups attached to an aromatic ring is 1. The summed E-state index contributed by atoms with van der Waals surface area (Å²) in [5, 5.41) is 15.3. The molecule has 3 N–H and O–H groups in total. The first-order chi connectivity index (χ1) is 11.5. The Morgan fingerprint density at radius 2 is 2.12 bits per heavy atom. The van der Waals surface area contributed by atoms with Crippen LogP contribution in [0.1, 0.15) is 15.2 Å². The number of non-ortho nitro benzene ring substituents is 1. The molecule has 0 aliphatic carbocycles. The number of nitro benzene ring substituents is 1. The van der Waals surface area contributed by atoms with Crippen LogP contribution in [0.4, 0.5) is 11.4 Å². The zero-order valence-electron chi connectivity index (χ0n) is 12.6. The maximum absolute atomic E-state index is 11.9. The van der Waals surface area contributed by atoms with Crippen LogP contribution in [0.5, 0.6) is 0 Å². The maximum atomic E-state index is 11.9. The first-order valence-corrected chi connectivity index (χ1v) is 7.85. The number of nitrogens with one attached hydrogen (secondary N) is 1. The second kappa shape index (κ2) is 8.06. The number of amides is 1. The normalized spacial score (nSPS) is 10.2. The van der Waals surface area contributed by atoms with Gasteiger partial charge in [-0.1, -0.05) is 6.07 Å². The minimum atomic E-state index is -0.885. The summed E-state index contributed by atoms with van der Waals surface area (Å²) in [6.07, 6.45) is 0.690. The van der Waals surface area contributed by atoms with Crippen molar-refractivity contribution in [1.29, 1.82) is 0 Å². The molecule has 0 unspecified atom stereocenters. The third-order valence-electron chi connectivity index (χ3n) is 3.08. The monoisotopic (exact) mass is 349 g/mol. The van der Waals surface area contributed by atoms with Gasteiger partial charge in [0.1, 0.15) is 0 Å². The van der Waals surface area contributed by atoms with Crippen molar-refractivity contribution < 1.29 is 19.2 Å². The molecule has 1 aromatic heterocycles. The van der Waals surface area contributed by atoms with E-state index in [2.05, 4.69) is 5.32 Å². The summed E-state index contributed by atoms with van der Waals surface area (Å²) in [5.41, 5.74) is 5.23. The number of nitro groups is 1. The molecular weight excluding hydrogens is 334 g/mol. The Morgan fingerprint density at radius 3 is 2.79 bits per heavy atom. The fourth-order valence-electron chi connectivity index (χ4n) is 1.87. The highest BCUT2D eigenvalue weighted by atomic mass is 32.1.